The molecule has 1 aromatic heterocycles. The molecule has 0 saturated heterocycles. The van der Waals surface area contributed by atoms with Crippen LogP contribution in [0.4, 0.5) is 4.39 Å². The van der Waals surface area contributed by atoms with E-state index in [1.807, 2.05) is 0 Å². The van der Waals surface area contributed by atoms with E-state index in [0.29, 0.717) is 16.6 Å². The molecule has 0 atom stereocenters. The number of halogens is 1. The molecule has 0 aliphatic heterocycles. The molecule has 0 bridgehead atoms. The number of carbonyl (C=O) groups excluding carboxylic acids is 1. The molecule has 3 rings (SSSR count). The van der Waals surface area contributed by atoms with Gasteiger partial charge in [-0.05, 0) is 24.3 Å². The highest BCUT2D eigenvalue weighted by molar-refractivity contribution is 5.93. The summed E-state index contributed by atoms with van der Waals surface area (Å²) in [6.45, 7) is -0.107. The summed E-state index contributed by atoms with van der Waals surface area (Å²) >= 11 is 0. The van der Waals surface area contributed by atoms with Gasteiger partial charge in [0.2, 0.25) is 0 Å². The van der Waals surface area contributed by atoms with Crippen molar-refractivity contribution in [2.45, 2.75) is 6.61 Å². The Hall–Kier alpha value is -2.76. The Labute approximate surface area is 120 Å². The monoisotopic (exact) mass is 285 g/mol. The van der Waals surface area contributed by atoms with Crippen LogP contribution in [0.15, 0.2) is 42.5 Å². The van der Waals surface area contributed by atoms with E-state index in [1.54, 1.807) is 48.1 Å². The first-order valence-electron chi connectivity index (χ1n) is 6.35. The number of rotatable bonds is 3. The van der Waals surface area contributed by atoms with Gasteiger partial charge in [0, 0.05) is 12.6 Å². The summed E-state index contributed by atoms with van der Waals surface area (Å²) in [6.07, 6.45) is 0. The molecule has 0 aliphatic carbocycles. The second kappa shape index (κ2) is 5.32. The molecule has 3 aromatic rings. The largest absolute Gasteiger partial charge is 0.457 e. The fraction of sp³-hybridized carbons (Fsp3) is 0.133. The normalized spacial score (nSPS) is 10.8. The Bertz CT molecular complexity index is 814. The molecule has 0 amide bonds. The number of nitrogens with zero attached hydrogens (tertiary/aromatic N) is 3. The van der Waals surface area contributed by atoms with Gasteiger partial charge in [-0.25, -0.2) is 13.9 Å². The zero-order chi connectivity index (χ0) is 14.8. The van der Waals surface area contributed by atoms with Gasteiger partial charge in [-0.2, -0.15) is 0 Å². The van der Waals surface area contributed by atoms with Crippen LogP contribution in [0.5, 0.6) is 0 Å². The van der Waals surface area contributed by atoms with Gasteiger partial charge in [-0.15, -0.1) is 5.10 Å². The predicted octanol–water partition coefficient (Wildman–Crippen LogP) is 2.46. The van der Waals surface area contributed by atoms with E-state index in [1.165, 1.54) is 6.07 Å². The van der Waals surface area contributed by atoms with Crippen molar-refractivity contribution in [3.63, 3.8) is 0 Å². The van der Waals surface area contributed by atoms with Crippen molar-refractivity contribution in [1.29, 1.82) is 0 Å². The number of aromatic nitrogens is 3. The third-order valence-corrected chi connectivity index (χ3v) is 3.16. The lowest BCUT2D eigenvalue weighted by molar-refractivity contribution is 0.0469. The molecule has 0 saturated carbocycles. The highest BCUT2D eigenvalue weighted by Crippen LogP contribution is 2.14. The summed E-state index contributed by atoms with van der Waals surface area (Å²) in [5.41, 5.74) is 2.13. The van der Waals surface area contributed by atoms with Crippen LogP contribution in [0, 0.1) is 5.82 Å². The number of benzene rings is 2. The first kappa shape index (κ1) is 13.2. The Morgan fingerprint density at radius 1 is 1.29 bits per heavy atom. The summed E-state index contributed by atoms with van der Waals surface area (Å²) < 4.78 is 20.2. The van der Waals surface area contributed by atoms with Crippen LogP contribution < -0.4 is 0 Å². The highest BCUT2D eigenvalue weighted by Gasteiger charge is 2.11. The number of aryl methyl sites for hydroxylation is 1. The molecule has 0 aliphatic rings. The van der Waals surface area contributed by atoms with Crippen molar-refractivity contribution < 1.29 is 13.9 Å². The van der Waals surface area contributed by atoms with E-state index in [2.05, 4.69) is 10.3 Å². The van der Waals surface area contributed by atoms with Gasteiger partial charge in [-0.3, -0.25) is 0 Å². The molecule has 0 spiro atoms. The SMILES string of the molecule is Cn1nnc2cc(C(=O)OCc3ccccc3F)ccc21. The number of hydrogen-bond donors (Lipinski definition) is 0. The highest BCUT2D eigenvalue weighted by atomic mass is 19.1. The van der Waals surface area contributed by atoms with Crippen LogP contribution in [0.1, 0.15) is 15.9 Å². The van der Waals surface area contributed by atoms with Crippen LogP contribution in [0.2, 0.25) is 0 Å². The van der Waals surface area contributed by atoms with Crippen molar-refractivity contribution >= 4 is 17.0 Å². The molecule has 1 heterocycles. The van der Waals surface area contributed by atoms with Gasteiger partial charge < -0.3 is 4.74 Å². The average Bonchev–Trinajstić information content (AvgIpc) is 2.87. The Morgan fingerprint density at radius 2 is 2.10 bits per heavy atom. The van der Waals surface area contributed by atoms with Gasteiger partial charge in [-0.1, -0.05) is 23.4 Å². The molecule has 0 radical (unpaired) electrons. The van der Waals surface area contributed by atoms with Gasteiger partial charge in [0.15, 0.2) is 0 Å². The summed E-state index contributed by atoms with van der Waals surface area (Å²) in [5.74, 6) is -0.916. The lowest BCUT2D eigenvalue weighted by atomic mass is 10.2. The van der Waals surface area contributed by atoms with Crippen LogP contribution in [0.25, 0.3) is 11.0 Å². The average molecular weight is 285 g/mol. The predicted molar refractivity (Wildman–Crippen MR) is 74.0 cm³/mol. The van der Waals surface area contributed by atoms with Crippen LogP contribution in [-0.4, -0.2) is 21.0 Å². The number of carbonyl (C=O) groups is 1. The minimum atomic E-state index is -0.522. The standard InChI is InChI=1S/C15H12FN3O2/c1-19-14-7-6-10(8-13(14)17-18-19)15(20)21-9-11-4-2-3-5-12(11)16/h2-8H,9H2,1H3. The molecule has 5 nitrogen and oxygen atoms in total. The van der Waals surface area contributed by atoms with Crippen LogP contribution in [-0.2, 0) is 18.4 Å². The first-order chi connectivity index (χ1) is 10.1. The van der Waals surface area contributed by atoms with Gasteiger partial charge in [0.1, 0.15) is 17.9 Å². The van der Waals surface area contributed by atoms with Crippen molar-refractivity contribution in [3.05, 3.63) is 59.4 Å². The maximum absolute atomic E-state index is 13.4. The summed E-state index contributed by atoms with van der Waals surface area (Å²) in [6, 6.07) is 11.2. The maximum atomic E-state index is 13.4. The molecule has 106 valence electrons. The first-order valence-corrected chi connectivity index (χ1v) is 6.35. The molecular weight excluding hydrogens is 273 g/mol. The van der Waals surface area contributed by atoms with Gasteiger partial charge in [0.25, 0.3) is 0 Å². The summed E-state index contributed by atoms with van der Waals surface area (Å²) in [4.78, 5) is 12.0. The molecule has 6 heteroatoms. The van der Waals surface area contributed by atoms with Crippen molar-refractivity contribution in [2.75, 3.05) is 0 Å². The molecule has 2 aromatic carbocycles. The molecule has 0 unspecified atom stereocenters. The minimum Gasteiger partial charge on any atom is -0.457 e. The second-order valence-corrected chi connectivity index (χ2v) is 4.58. The quantitative estimate of drug-likeness (QED) is 0.694. The number of ether oxygens (including phenoxy) is 1. The van der Waals surface area contributed by atoms with Gasteiger partial charge >= 0.3 is 5.97 Å². The third-order valence-electron chi connectivity index (χ3n) is 3.16. The Morgan fingerprint density at radius 3 is 2.90 bits per heavy atom. The van der Waals surface area contributed by atoms with Crippen molar-refractivity contribution in [1.82, 2.24) is 15.0 Å². The van der Waals surface area contributed by atoms with E-state index in [0.717, 1.165) is 5.52 Å². The zero-order valence-electron chi connectivity index (χ0n) is 11.3. The lowest BCUT2D eigenvalue weighted by Crippen LogP contribution is -2.06. The Balaban J connectivity index is 1.76. The number of fused-ring (bicyclic) bond motifs is 1. The van der Waals surface area contributed by atoms with Crippen LogP contribution >= 0.6 is 0 Å². The maximum Gasteiger partial charge on any atom is 0.338 e. The molecular formula is C15H12FN3O2. The smallest absolute Gasteiger partial charge is 0.338 e. The van der Waals surface area contributed by atoms with Gasteiger partial charge in [0.05, 0.1) is 11.1 Å². The summed E-state index contributed by atoms with van der Waals surface area (Å²) in [5, 5.41) is 7.81. The minimum absolute atomic E-state index is 0.107. The molecule has 0 fully saturated rings. The third kappa shape index (κ3) is 2.60. The fourth-order valence-corrected chi connectivity index (χ4v) is 2.01. The molecule has 21 heavy (non-hydrogen) atoms. The number of esters is 1. The van der Waals surface area contributed by atoms with E-state index in [-0.39, 0.29) is 6.61 Å². The fourth-order valence-electron chi connectivity index (χ4n) is 2.01. The van der Waals surface area contributed by atoms with Crippen molar-refractivity contribution in [3.8, 4) is 0 Å². The van der Waals surface area contributed by atoms with Crippen molar-refractivity contribution in [2.24, 2.45) is 7.05 Å². The number of hydrogen-bond acceptors (Lipinski definition) is 4. The van der Waals surface area contributed by atoms with E-state index in [9.17, 15) is 9.18 Å². The zero-order valence-corrected chi connectivity index (χ0v) is 11.3. The second-order valence-electron chi connectivity index (χ2n) is 4.58. The lowest BCUT2D eigenvalue weighted by Gasteiger charge is -2.05. The van der Waals surface area contributed by atoms with E-state index < -0.39 is 11.8 Å². The molecule has 0 N–H and O–H groups in total. The topological polar surface area (TPSA) is 57.0 Å². The van der Waals surface area contributed by atoms with E-state index in [4.69, 9.17) is 4.74 Å². The van der Waals surface area contributed by atoms with Crippen LogP contribution in [0.3, 0.4) is 0 Å². The van der Waals surface area contributed by atoms with E-state index >= 15 is 0 Å². The Kier molecular flexibility index (Phi) is 3.35. The summed E-state index contributed by atoms with van der Waals surface area (Å²) in [7, 11) is 1.77.